The maximum atomic E-state index is 11.8. The normalized spacial score (nSPS) is 12.0. The summed E-state index contributed by atoms with van der Waals surface area (Å²) in [5.41, 5.74) is 3.76. The van der Waals surface area contributed by atoms with Crippen LogP contribution in [0.5, 0.6) is 5.75 Å². The van der Waals surface area contributed by atoms with Gasteiger partial charge in [0.05, 0.1) is 5.51 Å². The van der Waals surface area contributed by atoms with Crippen LogP contribution in [0.4, 0.5) is 0 Å². The number of aromatic hydroxyl groups is 1. The van der Waals surface area contributed by atoms with Gasteiger partial charge in [0.2, 0.25) is 0 Å². The minimum absolute atomic E-state index is 0.148. The van der Waals surface area contributed by atoms with Crippen LogP contribution in [0.2, 0.25) is 5.02 Å². The van der Waals surface area contributed by atoms with E-state index in [9.17, 15) is 15.0 Å². The van der Waals surface area contributed by atoms with Crippen LogP contribution in [-0.4, -0.2) is 21.2 Å². The van der Waals surface area contributed by atoms with Crippen molar-refractivity contribution in [3.63, 3.8) is 0 Å². The molecule has 0 radical (unpaired) electrons. The molecular weight excluding hydrogens is 334 g/mol. The molecule has 2 N–H and O–H groups in total. The van der Waals surface area contributed by atoms with Gasteiger partial charge < -0.3 is 10.2 Å². The monoisotopic (exact) mass is 345 g/mol. The van der Waals surface area contributed by atoms with Gasteiger partial charge in [-0.1, -0.05) is 29.8 Å². The van der Waals surface area contributed by atoms with E-state index in [0.29, 0.717) is 15.5 Å². The van der Waals surface area contributed by atoms with Gasteiger partial charge in [0.25, 0.3) is 0 Å². The van der Waals surface area contributed by atoms with E-state index in [0.717, 1.165) is 11.1 Å². The molecule has 0 fully saturated rings. The molecule has 0 bridgehead atoms. The summed E-state index contributed by atoms with van der Waals surface area (Å²) in [5.74, 6) is -1.62. The van der Waals surface area contributed by atoms with Crippen LogP contribution >= 0.6 is 22.9 Å². The SMILES string of the molecule is O=C(O)C(c1cncs1)c1ccc(Cl)cc1-c1ccc(O)cc1. The summed E-state index contributed by atoms with van der Waals surface area (Å²) in [7, 11) is 0. The van der Waals surface area contributed by atoms with E-state index in [1.54, 1.807) is 54.2 Å². The first-order chi connectivity index (χ1) is 11.1. The number of hydrogen-bond donors (Lipinski definition) is 2. The third kappa shape index (κ3) is 3.21. The lowest BCUT2D eigenvalue weighted by Crippen LogP contribution is -2.13. The van der Waals surface area contributed by atoms with Crippen molar-refractivity contribution in [2.24, 2.45) is 0 Å². The number of carboxylic acid groups (broad SMARTS) is 1. The van der Waals surface area contributed by atoms with Crippen LogP contribution in [-0.2, 0) is 4.79 Å². The number of carboxylic acids is 1. The molecule has 0 amide bonds. The van der Waals surface area contributed by atoms with Crippen LogP contribution in [0.1, 0.15) is 16.4 Å². The molecule has 23 heavy (non-hydrogen) atoms. The number of phenols is 1. The Labute approximate surface area is 141 Å². The average Bonchev–Trinajstić information content (AvgIpc) is 3.03. The number of benzene rings is 2. The van der Waals surface area contributed by atoms with Gasteiger partial charge in [-0.3, -0.25) is 9.78 Å². The summed E-state index contributed by atoms with van der Waals surface area (Å²) in [5, 5.41) is 19.7. The van der Waals surface area contributed by atoms with Crippen LogP contribution in [0.25, 0.3) is 11.1 Å². The zero-order valence-electron chi connectivity index (χ0n) is 11.8. The maximum Gasteiger partial charge on any atom is 0.316 e. The second kappa shape index (κ2) is 6.40. The van der Waals surface area contributed by atoms with Crippen molar-refractivity contribution >= 4 is 28.9 Å². The lowest BCUT2D eigenvalue weighted by atomic mass is 9.89. The minimum atomic E-state index is -0.948. The molecule has 116 valence electrons. The van der Waals surface area contributed by atoms with Crippen molar-refractivity contribution in [3.8, 4) is 16.9 Å². The molecule has 1 unspecified atom stereocenters. The van der Waals surface area contributed by atoms with Crippen molar-refractivity contribution in [3.05, 3.63) is 69.6 Å². The Morgan fingerprint density at radius 1 is 1.17 bits per heavy atom. The van der Waals surface area contributed by atoms with E-state index in [1.807, 2.05) is 0 Å². The van der Waals surface area contributed by atoms with E-state index in [-0.39, 0.29) is 5.75 Å². The summed E-state index contributed by atoms with van der Waals surface area (Å²) in [6.07, 6.45) is 1.57. The molecule has 0 aliphatic rings. The summed E-state index contributed by atoms with van der Waals surface area (Å²) in [6.45, 7) is 0. The standard InChI is InChI=1S/C17H12ClNO3S/c18-11-3-6-13(16(17(21)22)15-8-19-9-23-15)14(7-11)10-1-4-12(20)5-2-10/h1-9,16,20H,(H,21,22). The molecular formula is C17H12ClNO3S. The highest BCUT2D eigenvalue weighted by Crippen LogP contribution is 2.37. The lowest BCUT2D eigenvalue weighted by Gasteiger charge is -2.16. The number of aromatic nitrogens is 1. The number of phenolic OH excluding ortho intramolecular Hbond substituents is 1. The van der Waals surface area contributed by atoms with Crippen LogP contribution < -0.4 is 0 Å². The molecule has 6 heteroatoms. The van der Waals surface area contributed by atoms with E-state index in [2.05, 4.69) is 4.98 Å². The fourth-order valence-corrected chi connectivity index (χ4v) is 3.35. The topological polar surface area (TPSA) is 70.4 Å². The van der Waals surface area contributed by atoms with Crippen molar-refractivity contribution in [2.75, 3.05) is 0 Å². The van der Waals surface area contributed by atoms with Gasteiger partial charge in [-0.05, 0) is 41.0 Å². The van der Waals surface area contributed by atoms with Gasteiger partial charge in [-0.2, -0.15) is 0 Å². The first-order valence-electron chi connectivity index (χ1n) is 6.76. The van der Waals surface area contributed by atoms with Gasteiger partial charge in [0.1, 0.15) is 11.7 Å². The van der Waals surface area contributed by atoms with Crippen molar-refractivity contribution < 1.29 is 15.0 Å². The second-order valence-electron chi connectivity index (χ2n) is 4.95. The number of rotatable bonds is 4. The predicted octanol–water partition coefficient (Wildman–Crippen LogP) is 4.39. The van der Waals surface area contributed by atoms with Crippen LogP contribution in [0.3, 0.4) is 0 Å². The summed E-state index contributed by atoms with van der Waals surface area (Å²) >= 11 is 7.40. The van der Waals surface area contributed by atoms with E-state index in [1.165, 1.54) is 11.3 Å². The Bertz CT molecular complexity index is 832. The summed E-state index contributed by atoms with van der Waals surface area (Å²) in [6, 6.07) is 11.7. The molecule has 3 rings (SSSR count). The third-order valence-electron chi connectivity index (χ3n) is 3.49. The number of hydrogen-bond acceptors (Lipinski definition) is 4. The summed E-state index contributed by atoms with van der Waals surface area (Å²) in [4.78, 5) is 16.5. The molecule has 1 atom stereocenters. The zero-order chi connectivity index (χ0) is 16.4. The Morgan fingerprint density at radius 2 is 1.91 bits per heavy atom. The van der Waals surface area contributed by atoms with Crippen molar-refractivity contribution in [1.29, 1.82) is 0 Å². The second-order valence-corrected chi connectivity index (χ2v) is 6.31. The van der Waals surface area contributed by atoms with Gasteiger partial charge in [0.15, 0.2) is 0 Å². The zero-order valence-corrected chi connectivity index (χ0v) is 13.4. The number of carbonyl (C=O) groups is 1. The van der Waals surface area contributed by atoms with Crippen molar-refractivity contribution in [2.45, 2.75) is 5.92 Å². The van der Waals surface area contributed by atoms with Gasteiger partial charge in [0, 0.05) is 16.1 Å². The molecule has 0 aliphatic heterocycles. The van der Waals surface area contributed by atoms with Gasteiger partial charge in [-0.15, -0.1) is 11.3 Å². The molecule has 1 aromatic heterocycles. The quantitative estimate of drug-likeness (QED) is 0.736. The van der Waals surface area contributed by atoms with Crippen molar-refractivity contribution in [1.82, 2.24) is 4.98 Å². The molecule has 3 aromatic rings. The molecule has 0 saturated heterocycles. The molecule has 0 saturated carbocycles. The predicted molar refractivity (Wildman–Crippen MR) is 90.1 cm³/mol. The highest BCUT2D eigenvalue weighted by Gasteiger charge is 2.26. The Hall–Kier alpha value is -2.37. The number of thiazole rings is 1. The van der Waals surface area contributed by atoms with E-state index >= 15 is 0 Å². The smallest absolute Gasteiger partial charge is 0.316 e. The number of nitrogens with zero attached hydrogens (tertiary/aromatic N) is 1. The maximum absolute atomic E-state index is 11.8. The molecule has 2 aromatic carbocycles. The number of halogens is 1. The van der Waals surface area contributed by atoms with E-state index < -0.39 is 11.9 Å². The first kappa shape index (κ1) is 15.5. The van der Waals surface area contributed by atoms with Gasteiger partial charge >= 0.3 is 5.97 Å². The largest absolute Gasteiger partial charge is 0.508 e. The summed E-state index contributed by atoms with van der Waals surface area (Å²) < 4.78 is 0. The molecule has 0 spiro atoms. The van der Waals surface area contributed by atoms with E-state index in [4.69, 9.17) is 11.6 Å². The van der Waals surface area contributed by atoms with Gasteiger partial charge in [-0.25, -0.2) is 0 Å². The number of aliphatic carboxylic acids is 1. The Morgan fingerprint density at radius 3 is 2.52 bits per heavy atom. The Balaban J connectivity index is 2.19. The molecule has 4 nitrogen and oxygen atoms in total. The molecule has 0 aliphatic carbocycles. The van der Waals surface area contributed by atoms with Crippen LogP contribution in [0, 0.1) is 0 Å². The van der Waals surface area contributed by atoms with Crippen LogP contribution in [0.15, 0.2) is 54.2 Å². The highest BCUT2D eigenvalue weighted by atomic mass is 35.5. The fourth-order valence-electron chi connectivity index (χ4n) is 2.45. The highest BCUT2D eigenvalue weighted by molar-refractivity contribution is 7.09. The fraction of sp³-hybridized carbons (Fsp3) is 0.0588. The third-order valence-corrected chi connectivity index (χ3v) is 4.56. The Kier molecular flexibility index (Phi) is 4.32. The average molecular weight is 346 g/mol. The molecule has 1 heterocycles. The lowest BCUT2D eigenvalue weighted by molar-refractivity contribution is -0.137. The first-order valence-corrected chi connectivity index (χ1v) is 8.02. The minimum Gasteiger partial charge on any atom is -0.508 e.